The predicted molar refractivity (Wildman–Crippen MR) is 108 cm³/mol. The summed E-state index contributed by atoms with van der Waals surface area (Å²) in [6.45, 7) is 3.59. The standard InChI is InChI=1S/C22H23F5N2O4/c1-9-8-13(30)15(20(31)28-4)17(29-9)19-14(10(2)21(3,33-19)22(25,26)27)11-6-7-12(23)16(24)18(11)32-5/h6-8,10,14,19H,1-5H3,(H,28,31)(H,29,30)/t10-,14-,19+,21+/m0/s1. The van der Waals surface area contributed by atoms with Gasteiger partial charge in [0.05, 0.1) is 12.8 Å². The van der Waals surface area contributed by atoms with Crippen molar-refractivity contribution in [3.05, 3.63) is 62.6 Å². The summed E-state index contributed by atoms with van der Waals surface area (Å²) in [6, 6.07) is 3.02. The largest absolute Gasteiger partial charge is 0.493 e. The van der Waals surface area contributed by atoms with Crippen LogP contribution in [0.15, 0.2) is 23.0 Å². The molecule has 1 aliphatic rings. The number of methoxy groups -OCH3 is 1. The van der Waals surface area contributed by atoms with Crippen LogP contribution in [0.25, 0.3) is 0 Å². The molecule has 33 heavy (non-hydrogen) atoms. The molecule has 2 heterocycles. The highest BCUT2D eigenvalue weighted by molar-refractivity contribution is 5.95. The highest BCUT2D eigenvalue weighted by Gasteiger charge is 2.65. The third kappa shape index (κ3) is 3.88. The maximum absolute atomic E-state index is 14.5. The summed E-state index contributed by atoms with van der Waals surface area (Å²) < 4.78 is 81.3. The van der Waals surface area contributed by atoms with Crippen LogP contribution in [-0.2, 0) is 4.74 Å². The fraction of sp³-hybridized carbons (Fsp3) is 0.455. The Morgan fingerprint density at radius 1 is 1.27 bits per heavy atom. The Morgan fingerprint density at radius 3 is 2.45 bits per heavy atom. The first-order valence-electron chi connectivity index (χ1n) is 10.0. The number of alkyl halides is 3. The number of hydrogen-bond donors (Lipinski definition) is 2. The van der Waals surface area contributed by atoms with Crippen LogP contribution in [0.1, 0.15) is 53.2 Å². The normalized spacial score (nSPS) is 25.2. The Morgan fingerprint density at radius 2 is 1.91 bits per heavy atom. The maximum Gasteiger partial charge on any atom is 0.417 e. The molecule has 11 heteroatoms. The van der Waals surface area contributed by atoms with Crippen LogP contribution in [0, 0.1) is 24.5 Å². The number of aromatic nitrogens is 1. The fourth-order valence-corrected chi connectivity index (χ4v) is 4.35. The van der Waals surface area contributed by atoms with Crippen molar-refractivity contribution >= 4 is 5.91 Å². The van der Waals surface area contributed by atoms with E-state index >= 15 is 0 Å². The first-order valence-corrected chi connectivity index (χ1v) is 10.0. The zero-order chi connectivity index (χ0) is 24.9. The molecule has 1 fully saturated rings. The summed E-state index contributed by atoms with van der Waals surface area (Å²) >= 11 is 0. The van der Waals surface area contributed by atoms with Crippen molar-refractivity contribution in [1.29, 1.82) is 0 Å². The molecular weight excluding hydrogens is 451 g/mol. The molecule has 0 spiro atoms. The van der Waals surface area contributed by atoms with Crippen LogP contribution in [-0.4, -0.2) is 36.8 Å². The zero-order valence-corrected chi connectivity index (χ0v) is 18.5. The number of hydrogen-bond acceptors (Lipinski definition) is 4. The van der Waals surface area contributed by atoms with Crippen molar-refractivity contribution < 1.29 is 36.2 Å². The van der Waals surface area contributed by atoms with Crippen molar-refractivity contribution in [2.24, 2.45) is 5.92 Å². The number of benzene rings is 1. The SMILES string of the molecule is CNC(=O)c1c([C@@H]2O[C@@](C)(C(F)(F)F)[C@@H](C)[C@H]2c2ccc(F)c(F)c2OC)[nH]c(C)cc1=O. The minimum absolute atomic E-state index is 0.0907. The number of carbonyl (C=O) groups excluding carboxylic acids is 1. The summed E-state index contributed by atoms with van der Waals surface area (Å²) in [4.78, 5) is 27.9. The van der Waals surface area contributed by atoms with E-state index < -0.39 is 64.0 Å². The highest BCUT2D eigenvalue weighted by atomic mass is 19.4. The van der Waals surface area contributed by atoms with E-state index in [0.29, 0.717) is 0 Å². The van der Waals surface area contributed by atoms with Crippen molar-refractivity contribution in [2.75, 3.05) is 14.2 Å². The van der Waals surface area contributed by atoms with Gasteiger partial charge in [0, 0.05) is 36.2 Å². The molecule has 0 radical (unpaired) electrons. The molecule has 6 nitrogen and oxygen atoms in total. The van der Waals surface area contributed by atoms with Crippen molar-refractivity contribution in [3.63, 3.8) is 0 Å². The Labute approximate surface area is 186 Å². The molecule has 1 aromatic carbocycles. The van der Waals surface area contributed by atoms with E-state index in [-0.39, 0.29) is 17.0 Å². The Hall–Kier alpha value is -2.95. The number of carbonyl (C=O) groups is 1. The molecule has 1 aliphatic heterocycles. The number of aryl methyl sites for hydroxylation is 1. The molecule has 1 aromatic heterocycles. The first-order chi connectivity index (χ1) is 15.3. The molecule has 0 unspecified atom stereocenters. The van der Waals surface area contributed by atoms with Gasteiger partial charge >= 0.3 is 6.18 Å². The molecule has 0 aliphatic carbocycles. The second kappa shape index (κ2) is 8.44. The van der Waals surface area contributed by atoms with E-state index in [4.69, 9.17) is 9.47 Å². The summed E-state index contributed by atoms with van der Waals surface area (Å²) in [6.07, 6.45) is -6.40. The summed E-state index contributed by atoms with van der Waals surface area (Å²) in [7, 11) is 2.32. The van der Waals surface area contributed by atoms with Crippen LogP contribution >= 0.6 is 0 Å². The second-order valence-corrected chi connectivity index (χ2v) is 8.13. The van der Waals surface area contributed by atoms with Gasteiger partial charge in [-0.1, -0.05) is 13.0 Å². The number of aromatic amines is 1. The average Bonchev–Trinajstić information content (AvgIpc) is 3.00. The van der Waals surface area contributed by atoms with Gasteiger partial charge < -0.3 is 19.8 Å². The molecule has 1 saturated heterocycles. The number of nitrogens with one attached hydrogen (secondary N) is 2. The number of halogens is 5. The van der Waals surface area contributed by atoms with E-state index in [0.717, 1.165) is 32.2 Å². The predicted octanol–water partition coefficient (Wildman–Crippen LogP) is 4.14. The van der Waals surface area contributed by atoms with E-state index in [1.54, 1.807) is 0 Å². The van der Waals surface area contributed by atoms with E-state index in [2.05, 4.69) is 10.3 Å². The second-order valence-electron chi connectivity index (χ2n) is 8.13. The lowest BCUT2D eigenvalue weighted by atomic mass is 9.76. The highest BCUT2D eigenvalue weighted by Crippen LogP contribution is 2.59. The van der Waals surface area contributed by atoms with Crippen molar-refractivity contribution in [2.45, 2.75) is 44.6 Å². The Bertz CT molecular complexity index is 1150. The Kier molecular flexibility index (Phi) is 6.31. The van der Waals surface area contributed by atoms with E-state index in [1.165, 1.54) is 20.9 Å². The Balaban J connectivity index is 2.36. The van der Waals surface area contributed by atoms with Crippen LogP contribution in [0.5, 0.6) is 5.75 Å². The maximum atomic E-state index is 14.5. The molecule has 180 valence electrons. The van der Waals surface area contributed by atoms with Gasteiger partial charge in [-0.05, 0) is 19.9 Å². The summed E-state index contributed by atoms with van der Waals surface area (Å²) in [5.41, 5.74) is -3.91. The van der Waals surface area contributed by atoms with Gasteiger partial charge in [0.1, 0.15) is 11.7 Å². The first kappa shape index (κ1) is 24.7. The minimum atomic E-state index is -4.86. The number of rotatable bonds is 4. The fourth-order valence-electron chi connectivity index (χ4n) is 4.35. The van der Waals surface area contributed by atoms with Gasteiger partial charge in [0.15, 0.2) is 22.6 Å². The van der Waals surface area contributed by atoms with Crippen LogP contribution in [0.2, 0.25) is 0 Å². The minimum Gasteiger partial charge on any atom is -0.493 e. The van der Waals surface area contributed by atoms with E-state index in [9.17, 15) is 31.5 Å². The van der Waals surface area contributed by atoms with Gasteiger partial charge in [-0.25, -0.2) is 4.39 Å². The van der Waals surface area contributed by atoms with Gasteiger partial charge in [0.2, 0.25) is 5.82 Å². The molecular formula is C22H23F5N2O4. The molecule has 0 saturated carbocycles. The lowest BCUT2D eigenvalue weighted by molar-refractivity contribution is -0.275. The quantitative estimate of drug-likeness (QED) is 0.653. The lowest BCUT2D eigenvalue weighted by Gasteiger charge is -2.32. The van der Waals surface area contributed by atoms with Gasteiger partial charge in [0.25, 0.3) is 5.91 Å². The number of amides is 1. The van der Waals surface area contributed by atoms with Crippen LogP contribution in [0.3, 0.4) is 0 Å². The van der Waals surface area contributed by atoms with Crippen LogP contribution in [0.4, 0.5) is 22.0 Å². The summed E-state index contributed by atoms with van der Waals surface area (Å²) in [5, 5.41) is 2.29. The van der Waals surface area contributed by atoms with Crippen molar-refractivity contribution in [3.8, 4) is 5.75 Å². The van der Waals surface area contributed by atoms with Gasteiger partial charge in [-0.15, -0.1) is 0 Å². The number of ether oxygens (including phenoxy) is 2. The number of H-pyrrole nitrogens is 1. The molecule has 2 aromatic rings. The van der Waals surface area contributed by atoms with Crippen molar-refractivity contribution in [1.82, 2.24) is 10.3 Å². The third-order valence-electron chi connectivity index (χ3n) is 6.25. The summed E-state index contributed by atoms with van der Waals surface area (Å²) in [5.74, 6) is -6.63. The molecule has 2 N–H and O–H groups in total. The lowest BCUT2D eigenvalue weighted by Crippen LogP contribution is -2.46. The molecule has 4 atom stereocenters. The third-order valence-corrected chi connectivity index (χ3v) is 6.25. The topological polar surface area (TPSA) is 80.4 Å². The smallest absolute Gasteiger partial charge is 0.417 e. The zero-order valence-electron chi connectivity index (χ0n) is 18.5. The number of pyridine rings is 1. The molecule has 0 bridgehead atoms. The van der Waals surface area contributed by atoms with Gasteiger partial charge in [-0.2, -0.15) is 17.6 Å². The molecule has 3 rings (SSSR count). The van der Waals surface area contributed by atoms with Gasteiger partial charge in [-0.3, -0.25) is 9.59 Å². The average molecular weight is 474 g/mol. The van der Waals surface area contributed by atoms with Crippen LogP contribution < -0.4 is 15.5 Å². The molecule has 1 amide bonds. The monoisotopic (exact) mass is 474 g/mol. The van der Waals surface area contributed by atoms with E-state index in [1.807, 2.05) is 0 Å².